The largest absolute Gasteiger partial charge is 0.394 e. The molecule has 96 valence electrons. The zero-order chi connectivity index (χ0) is 12.3. The lowest BCUT2D eigenvalue weighted by Crippen LogP contribution is -2.49. The number of nitrogen functional groups attached to an aromatic ring is 1. The molecule has 0 saturated heterocycles. The summed E-state index contributed by atoms with van der Waals surface area (Å²) in [5.41, 5.74) is 7.28. The summed E-state index contributed by atoms with van der Waals surface area (Å²) >= 11 is 0. The van der Waals surface area contributed by atoms with E-state index in [0.717, 1.165) is 23.4 Å². The molecule has 4 aliphatic rings. The van der Waals surface area contributed by atoms with Gasteiger partial charge >= 0.3 is 0 Å². The molecule has 1 heterocycles. The van der Waals surface area contributed by atoms with Gasteiger partial charge in [0.1, 0.15) is 0 Å². The van der Waals surface area contributed by atoms with Crippen molar-refractivity contribution in [2.75, 3.05) is 5.73 Å². The van der Waals surface area contributed by atoms with Crippen LogP contribution in [0.4, 0.5) is 5.69 Å². The molecule has 0 aromatic carbocycles. The van der Waals surface area contributed by atoms with Crippen molar-refractivity contribution in [1.29, 1.82) is 0 Å². The highest BCUT2D eigenvalue weighted by Gasteiger charge is 2.52. The fourth-order valence-corrected chi connectivity index (χ4v) is 5.23. The Hall–Kier alpha value is -1.25. The molecule has 0 amide bonds. The summed E-state index contributed by atoms with van der Waals surface area (Å²) in [6, 6.07) is 3.84. The number of aromatic amines is 1. The first-order valence-corrected chi connectivity index (χ1v) is 7.14. The van der Waals surface area contributed by atoms with Gasteiger partial charge in [-0.05, 0) is 68.4 Å². The van der Waals surface area contributed by atoms with E-state index in [2.05, 4.69) is 11.1 Å². The Morgan fingerprint density at radius 1 is 1.06 bits per heavy atom. The summed E-state index contributed by atoms with van der Waals surface area (Å²) in [6.07, 6.45) is 8.12. The third-order valence-electron chi connectivity index (χ3n) is 5.55. The smallest absolute Gasteiger partial charge is 0.271 e. The summed E-state index contributed by atoms with van der Waals surface area (Å²) in [5.74, 6) is 2.70. The third kappa shape index (κ3) is 1.39. The summed E-state index contributed by atoms with van der Waals surface area (Å²) in [5, 5.41) is 0. The Morgan fingerprint density at radius 3 is 2.11 bits per heavy atom. The highest BCUT2D eigenvalue weighted by Crippen LogP contribution is 2.60. The topological polar surface area (TPSA) is 58.9 Å². The zero-order valence-electron chi connectivity index (χ0n) is 10.6. The van der Waals surface area contributed by atoms with Crippen LogP contribution in [-0.4, -0.2) is 4.98 Å². The molecule has 4 aliphatic carbocycles. The number of hydrogen-bond acceptors (Lipinski definition) is 2. The minimum absolute atomic E-state index is 0.108. The van der Waals surface area contributed by atoms with Gasteiger partial charge in [0.05, 0.1) is 5.69 Å². The van der Waals surface area contributed by atoms with Crippen LogP contribution in [0.2, 0.25) is 0 Å². The zero-order valence-corrected chi connectivity index (χ0v) is 10.6. The molecule has 4 saturated carbocycles. The van der Waals surface area contributed by atoms with Crippen LogP contribution >= 0.6 is 0 Å². The summed E-state index contributed by atoms with van der Waals surface area (Å²) < 4.78 is 0. The van der Waals surface area contributed by atoms with Crippen molar-refractivity contribution in [3.05, 3.63) is 28.2 Å². The van der Waals surface area contributed by atoms with Crippen LogP contribution in [0.5, 0.6) is 0 Å². The molecule has 0 unspecified atom stereocenters. The number of anilines is 1. The van der Waals surface area contributed by atoms with Crippen LogP contribution in [0.15, 0.2) is 16.9 Å². The van der Waals surface area contributed by atoms with Gasteiger partial charge in [-0.3, -0.25) is 4.79 Å². The highest BCUT2D eigenvalue weighted by molar-refractivity contribution is 5.37. The van der Waals surface area contributed by atoms with E-state index in [4.69, 9.17) is 5.73 Å². The maximum absolute atomic E-state index is 11.8. The fourth-order valence-electron chi connectivity index (χ4n) is 5.23. The molecule has 3 nitrogen and oxygen atoms in total. The van der Waals surface area contributed by atoms with Gasteiger partial charge in [0.15, 0.2) is 0 Å². The van der Waals surface area contributed by atoms with Crippen molar-refractivity contribution in [2.45, 2.75) is 43.9 Å². The Balaban J connectivity index is 1.79. The molecule has 4 fully saturated rings. The molecule has 5 rings (SSSR count). The van der Waals surface area contributed by atoms with E-state index >= 15 is 0 Å². The number of hydrogen-bond donors (Lipinski definition) is 2. The molecule has 0 atom stereocenters. The number of nitrogens with one attached hydrogen (secondary N) is 1. The maximum atomic E-state index is 11.8. The van der Waals surface area contributed by atoms with Gasteiger partial charge < -0.3 is 10.7 Å². The van der Waals surface area contributed by atoms with E-state index < -0.39 is 0 Å². The van der Waals surface area contributed by atoms with E-state index in [1.165, 1.54) is 38.5 Å². The lowest BCUT2D eigenvalue weighted by Gasteiger charge is -2.56. The number of pyridine rings is 1. The maximum Gasteiger partial charge on any atom is 0.271 e. The van der Waals surface area contributed by atoms with Crippen LogP contribution in [-0.2, 0) is 5.41 Å². The van der Waals surface area contributed by atoms with Gasteiger partial charge in [-0.15, -0.1) is 0 Å². The van der Waals surface area contributed by atoms with Gasteiger partial charge in [-0.25, -0.2) is 0 Å². The first kappa shape index (κ1) is 10.7. The second-order valence-electron chi connectivity index (χ2n) is 6.85. The minimum Gasteiger partial charge on any atom is -0.394 e. The Bertz CT molecular complexity index is 510. The van der Waals surface area contributed by atoms with Gasteiger partial charge in [0.2, 0.25) is 0 Å². The standard InChI is InChI=1S/C15H20N2O/c16-12-1-2-13(17-14(12)18)15-6-9-3-10(7-15)5-11(4-9)8-15/h1-2,9-11H,3-8,16H2,(H,17,18). The molecule has 1 aromatic heterocycles. The SMILES string of the molecule is Nc1ccc(C23CC4CC(CC(C4)C2)C3)[nH]c1=O. The van der Waals surface area contributed by atoms with Gasteiger partial charge in [-0.1, -0.05) is 0 Å². The van der Waals surface area contributed by atoms with Crippen molar-refractivity contribution in [2.24, 2.45) is 17.8 Å². The van der Waals surface area contributed by atoms with Crippen LogP contribution in [0.1, 0.15) is 44.2 Å². The van der Waals surface area contributed by atoms with Crippen LogP contribution < -0.4 is 11.3 Å². The summed E-state index contributed by atoms with van der Waals surface area (Å²) in [6.45, 7) is 0. The molecular formula is C15H20N2O. The van der Waals surface area contributed by atoms with Crippen molar-refractivity contribution >= 4 is 5.69 Å². The number of nitrogens with two attached hydrogens (primary N) is 1. The van der Waals surface area contributed by atoms with Gasteiger partial charge in [0, 0.05) is 11.1 Å². The average Bonchev–Trinajstić information content (AvgIpc) is 2.31. The predicted octanol–water partition coefficient (Wildman–Crippen LogP) is 2.42. The van der Waals surface area contributed by atoms with Gasteiger partial charge in [0.25, 0.3) is 5.56 Å². The van der Waals surface area contributed by atoms with E-state index in [-0.39, 0.29) is 11.0 Å². The quantitative estimate of drug-likeness (QED) is 0.797. The monoisotopic (exact) mass is 244 g/mol. The molecule has 0 radical (unpaired) electrons. The molecule has 3 N–H and O–H groups in total. The lowest BCUT2D eigenvalue weighted by atomic mass is 9.49. The first-order chi connectivity index (χ1) is 8.64. The molecule has 18 heavy (non-hydrogen) atoms. The molecule has 0 aliphatic heterocycles. The highest BCUT2D eigenvalue weighted by atomic mass is 16.1. The molecule has 3 heteroatoms. The summed E-state index contributed by atoms with van der Waals surface area (Å²) in [7, 11) is 0. The van der Waals surface area contributed by atoms with E-state index in [9.17, 15) is 4.79 Å². The summed E-state index contributed by atoms with van der Waals surface area (Å²) in [4.78, 5) is 14.8. The average molecular weight is 244 g/mol. The van der Waals surface area contributed by atoms with E-state index in [1.54, 1.807) is 6.07 Å². The van der Waals surface area contributed by atoms with E-state index in [0.29, 0.717) is 5.69 Å². The second kappa shape index (κ2) is 3.40. The van der Waals surface area contributed by atoms with Crippen LogP contribution in [0.3, 0.4) is 0 Å². The fraction of sp³-hybridized carbons (Fsp3) is 0.667. The number of rotatable bonds is 1. The Labute approximate surface area is 107 Å². The first-order valence-electron chi connectivity index (χ1n) is 7.14. The van der Waals surface area contributed by atoms with Crippen LogP contribution in [0, 0.1) is 17.8 Å². The predicted molar refractivity (Wildman–Crippen MR) is 71.3 cm³/mol. The molecule has 4 bridgehead atoms. The van der Waals surface area contributed by atoms with E-state index in [1.807, 2.05) is 0 Å². The minimum atomic E-state index is -0.108. The van der Waals surface area contributed by atoms with Gasteiger partial charge in [-0.2, -0.15) is 0 Å². The van der Waals surface area contributed by atoms with Crippen molar-refractivity contribution in [1.82, 2.24) is 4.98 Å². The molecular weight excluding hydrogens is 224 g/mol. The van der Waals surface area contributed by atoms with Crippen molar-refractivity contribution in [3.8, 4) is 0 Å². The normalized spacial score (nSPS) is 41.2. The van der Waals surface area contributed by atoms with Crippen molar-refractivity contribution in [3.63, 3.8) is 0 Å². The Kier molecular flexibility index (Phi) is 2.01. The number of H-pyrrole nitrogens is 1. The second-order valence-corrected chi connectivity index (χ2v) is 6.85. The molecule has 1 aromatic rings. The van der Waals surface area contributed by atoms with Crippen LogP contribution in [0.25, 0.3) is 0 Å². The number of aromatic nitrogens is 1. The Morgan fingerprint density at radius 2 is 1.61 bits per heavy atom. The lowest BCUT2D eigenvalue weighted by molar-refractivity contribution is -0.00727. The third-order valence-corrected chi connectivity index (χ3v) is 5.55. The van der Waals surface area contributed by atoms with Crippen molar-refractivity contribution < 1.29 is 0 Å². The molecule has 0 spiro atoms.